The van der Waals surface area contributed by atoms with Crippen molar-refractivity contribution in [3.05, 3.63) is 47.0 Å². The Kier molecular flexibility index (Phi) is 4.52. The predicted molar refractivity (Wildman–Crippen MR) is 64.7 cm³/mol. The lowest BCUT2D eigenvalue weighted by atomic mass is 10.1. The van der Waals surface area contributed by atoms with Gasteiger partial charge in [0.2, 0.25) is 0 Å². The van der Waals surface area contributed by atoms with Gasteiger partial charge in [0, 0.05) is 18.1 Å². The maximum Gasteiger partial charge on any atom is 0.335 e. The maximum atomic E-state index is 10.6. The van der Waals surface area contributed by atoms with Crippen LogP contribution in [0.15, 0.2) is 35.9 Å². The van der Waals surface area contributed by atoms with E-state index in [0.717, 1.165) is 5.56 Å². The zero-order valence-electron chi connectivity index (χ0n) is 9.11. The van der Waals surface area contributed by atoms with Gasteiger partial charge in [0.25, 0.3) is 0 Å². The smallest absolute Gasteiger partial charge is 0.335 e. The number of halogens is 1. The second kappa shape index (κ2) is 5.68. The number of carbonyl (C=O) groups is 1. The number of aromatic carboxylic acids is 1. The van der Waals surface area contributed by atoms with Gasteiger partial charge in [-0.15, -0.1) is 0 Å². The van der Waals surface area contributed by atoms with Crippen molar-refractivity contribution >= 4 is 17.6 Å². The van der Waals surface area contributed by atoms with Crippen LogP contribution in [0.25, 0.3) is 0 Å². The van der Waals surface area contributed by atoms with Crippen molar-refractivity contribution in [2.45, 2.75) is 6.54 Å². The molecule has 0 amide bonds. The lowest BCUT2D eigenvalue weighted by Gasteiger charge is -2.15. The number of hydrogen-bond donors (Lipinski definition) is 1. The van der Waals surface area contributed by atoms with Gasteiger partial charge in [0.1, 0.15) is 0 Å². The normalized spacial score (nSPS) is 10.4. The minimum absolute atomic E-state index is 0.299. The molecule has 0 aliphatic heterocycles. The third kappa shape index (κ3) is 4.04. The van der Waals surface area contributed by atoms with Gasteiger partial charge in [0.15, 0.2) is 0 Å². The molecule has 16 heavy (non-hydrogen) atoms. The third-order valence-corrected chi connectivity index (χ3v) is 2.21. The van der Waals surface area contributed by atoms with Gasteiger partial charge in [-0.3, -0.25) is 4.90 Å². The van der Waals surface area contributed by atoms with Crippen LogP contribution in [0.4, 0.5) is 0 Å². The number of rotatable bonds is 5. The summed E-state index contributed by atoms with van der Waals surface area (Å²) in [5.74, 6) is -0.908. The van der Waals surface area contributed by atoms with E-state index < -0.39 is 5.97 Å². The monoisotopic (exact) mass is 239 g/mol. The van der Waals surface area contributed by atoms with E-state index in [-0.39, 0.29) is 0 Å². The fourth-order valence-corrected chi connectivity index (χ4v) is 1.62. The molecule has 0 fully saturated rings. The van der Waals surface area contributed by atoms with E-state index in [1.165, 1.54) is 0 Å². The van der Waals surface area contributed by atoms with Crippen molar-refractivity contribution in [3.8, 4) is 0 Å². The highest BCUT2D eigenvalue weighted by Gasteiger charge is 2.04. The summed E-state index contributed by atoms with van der Waals surface area (Å²) in [5.41, 5.74) is 1.35. The number of carboxylic acids is 1. The zero-order valence-corrected chi connectivity index (χ0v) is 9.87. The second-order valence-corrected chi connectivity index (χ2v) is 4.23. The van der Waals surface area contributed by atoms with E-state index >= 15 is 0 Å². The van der Waals surface area contributed by atoms with Crippen molar-refractivity contribution in [3.63, 3.8) is 0 Å². The molecular weight excluding hydrogens is 226 g/mol. The molecule has 1 rings (SSSR count). The Labute approximate surface area is 100.0 Å². The molecule has 1 aromatic carbocycles. The Hall–Kier alpha value is -1.32. The highest BCUT2D eigenvalue weighted by molar-refractivity contribution is 6.29. The summed E-state index contributed by atoms with van der Waals surface area (Å²) in [6, 6.07) is 6.80. The van der Waals surface area contributed by atoms with E-state index in [9.17, 15) is 4.79 Å². The van der Waals surface area contributed by atoms with Crippen LogP contribution < -0.4 is 0 Å². The van der Waals surface area contributed by atoms with Crippen LogP contribution in [0.2, 0.25) is 0 Å². The van der Waals surface area contributed by atoms with Crippen LogP contribution in [0.5, 0.6) is 0 Å². The molecule has 1 N–H and O–H groups in total. The molecule has 86 valence electrons. The fraction of sp³-hybridized carbons (Fsp3) is 0.250. The van der Waals surface area contributed by atoms with E-state index in [4.69, 9.17) is 16.7 Å². The van der Waals surface area contributed by atoms with Gasteiger partial charge in [-0.2, -0.15) is 0 Å². The molecule has 0 saturated carbocycles. The largest absolute Gasteiger partial charge is 0.478 e. The van der Waals surface area contributed by atoms with Gasteiger partial charge in [0.05, 0.1) is 5.56 Å². The van der Waals surface area contributed by atoms with Crippen LogP contribution in [0, 0.1) is 0 Å². The summed E-state index contributed by atoms with van der Waals surface area (Å²) in [4.78, 5) is 12.6. The average molecular weight is 240 g/mol. The van der Waals surface area contributed by atoms with E-state index in [2.05, 4.69) is 6.58 Å². The van der Waals surface area contributed by atoms with Crippen molar-refractivity contribution in [2.24, 2.45) is 0 Å². The first-order valence-electron chi connectivity index (χ1n) is 4.83. The highest BCUT2D eigenvalue weighted by Crippen LogP contribution is 2.08. The molecular formula is C12H14ClNO2. The molecule has 0 aliphatic carbocycles. The molecule has 0 unspecified atom stereocenters. The molecule has 4 heteroatoms. The van der Waals surface area contributed by atoms with E-state index in [1.54, 1.807) is 24.3 Å². The van der Waals surface area contributed by atoms with E-state index in [0.29, 0.717) is 23.7 Å². The van der Waals surface area contributed by atoms with Crippen molar-refractivity contribution < 1.29 is 9.90 Å². The lowest BCUT2D eigenvalue weighted by Crippen LogP contribution is -2.19. The number of nitrogens with zero attached hydrogens (tertiary/aromatic N) is 1. The second-order valence-electron chi connectivity index (χ2n) is 3.69. The molecule has 0 aliphatic rings. The minimum atomic E-state index is -0.908. The maximum absolute atomic E-state index is 10.6. The standard InChI is InChI=1S/C12H14ClNO2/c1-9(13)7-14(2)8-10-3-5-11(6-4-10)12(15)16/h3-6H,1,7-8H2,2H3,(H,15,16). The Bertz CT molecular complexity index is 387. The number of hydrogen-bond acceptors (Lipinski definition) is 2. The molecule has 0 atom stereocenters. The van der Waals surface area contributed by atoms with Crippen LogP contribution >= 0.6 is 11.6 Å². The van der Waals surface area contributed by atoms with Crippen molar-refractivity contribution in [1.82, 2.24) is 4.90 Å². The van der Waals surface area contributed by atoms with Gasteiger partial charge < -0.3 is 5.11 Å². The third-order valence-electron chi connectivity index (χ3n) is 2.09. The SMILES string of the molecule is C=C(Cl)CN(C)Cc1ccc(C(=O)O)cc1. The molecule has 0 radical (unpaired) electrons. The molecule has 0 bridgehead atoms. The molecule has 1 aromatic rings. The van der Waals surface area contributed by atoms with E-state index in [1.807, 2.05) is 11.9 Å². The summed E-state index contributed by atoms with van der Waals surface area (Å²) in [7, 11) is 1.93. The van der Waals surface area contributed by atoms with Crippen molar-refractivity contribution in [2.75, 3.05) is 13.6 Å². The summed E-state index contributed by atoms with van der Waals surface area (Å²) in [6.07, 6.45) is 0. The Morgan fingerprint density at radius 1 is 1.44 bits per heavy atom. The number of likely N-dealkylation sites (N-methyl/N-ethyl adjacent to an activating group) is 1. The van der Waals surface area contributed by atoms with Gasteiger partial charge in [-0.05, 0) is 24.7 Å². The summed E-state index contributed by atoms with van der Waals surface area (Å²) in [5, 5.41) is 9.32. The van der Waals surface area contributed by atoms with Crippen LogP contribution in [-0.4, -0.2) is 29.6 Å². The summed E-state index contributed by atoms with van der Waals surface area (Å²) < 4.78 is 0. The Morgan fingerprint density at radius 3 is 2.44 bits per heavy atom. The van der Waals surface area contributed by atoms with Gasteiger partial charge >= 0.3 is 5.97 Å². The molecule has 0 saturated heterocycles. The highest BCUT2D eigenvalue weighted by atomic mass is 35.5. The van der Waals surface area contributed by atoms with Gasteiger partial charge in [-0.1, -0.05) is 30.3 Å². The number of carboxylic acid groups (broad SMARTS) is 1. The van der Waals surface area contributed by atoms with Crippen molar-refractivity contribution in [1.29, 1.82) is 0 Å². The van der Waals surface area contributed by atoms with Crippen LogP contribution in [0.1, 0.15) is 15.9 Å². The average Bonchev–Trinajstić information content (AvgIpc) is 2.16. The first-order chi connectivity index (χ1) is 7.49. The lowest BCUT2D eigenvalue weighted by molar-refractivity contribution is 0.0697. The van der Waals surface area contributed by atoms with Crippen LogP contribution in [0.3, 0.4) is 0 Å². The quantitative estimate of drug-likeness (QED) is 0.859. The summed E-state index contributed by atoms with van der Waals surface area (Å²) >= 11 is 5.69. The first kappa shape index (κ1) is 12.7. The first-order valence-corrected chi connectivity index (χ1v) is 5.21. The van der Waals surface area contributed by atoms with Crippen LogP contribution in [-0.2, 0) is 6.54 Å². The molecule has 3 nitrogen and oxygen atoms in total. The number of benzene rings is 1. The summed E-state index contributed by atoms with van der Waals surface area (Å²) in [6.45, 7) is 4.95. The Morgan fingerprint density at radius 2 is 2.00 bits per heavy atom. The molecule has 0 spiro atoms. The zero-order chi connectivity index (χ0) is 12.1. The Balaban J connectivity index is 2.61. The van der Waals surface area contributed by atoms with Gasteiger partial charge in [-0.25, -0.2) is 4.79 Å². The molecule has 0 heterocycles. The molecule has 0 aromatic heterocycles. The minimum Gasteiger partial charge on any atom is -0.478 e. The predicted octanol–water partition coefficient (Wildman–Crippen LogP) is 2.57. The topological polar surface area (TPSA) is 40.5 Å². The fourth-order valence-electron chi connectivity index (χ4n) is 1.41.